The van der Waals surface area contributed by atoms with Crippen molar-refractivity contribution in [2.75, 3.05) is 32.6 Å². The Hall–Kier alpha value is -1.62. The molecule has 0 saturated heterocycles. The summed E-state index contributed by atoms with van der Waals surface area (Å²) >= 11 is 0. The number of hydrogen-bond donors (Lipinski definition) is 1. The lowest BCUT2D eigenvalue weighted by Gasteiger charge is -2.16. The van der Waals surface area contributed by atoms with Crippen molar-refractivity contribution in [3.8, 4) is 0 Å². The number of pyridine rings is 1. The number of hydrogen-bond acceptors (Lipinski definition) is 4. The van der Waals surface area contributed by atoms with Gasteiger partial charge in [-0.15, -0.1) is 0 Å². The highest BCUT2D eigenvalue weighted by molar-refractivity contribution is 5.92. The minimum atomic E-state index is -0.101. The maximum absolute atomic E-state index is 11.8. The van der Waals surface area contributed by atoms with Crippen molar-refractivity contribution in [2.24, 2.45) is 0 Å². The van der Waals surface area contributed by atoms with E-state index in [4.69, 9.17) is 4.74 Å². The molecule has 0 fully saturated rings. The van der Waals surface area contributed by atoms with Gasteiger partial charge in [-0.3, -0.25) is 9.78 Å². The molecule has 0 bridgehead atoms. The summed E-state index contributed by atoms with van der Waals surface area (Å²) in [6.45, 7) is 5.33. The van der Waals surface area contributed by atoms with E-state index in [2.05, 4.69) is 10.3 Å². The predicted molar refractivity (Wildman–Crippen MR) is 71.8 cm³/mol. The molecule has 1 aromatic rings. The van der Waals surface area contributed by atoms with E-state index in [1.54, 1.807) is 26.4 Å². The summed E-state index contributed by atoms with van der Waals surface area (Å²) in [4.78, 5) is 17.3. The lowest BCUT2D eigenvalue weighted by Crippen LogP contribution is -2.24. The first-order chi connectivity index (χ1) is 8.54. The highest BCUT2D eigenvalue weighted by atomic mass is 16.5. The van der Waals surface area contributed by atoms with Crippen LogP contribution in [0.4, 0.5) is 5.69 Å². The zero-order chi connectivity index (χ0) is 13.5. The van der Waals surface area contributed by atoms with Crippen molar-refractivity contribution in [2.45, 2.75) is 19.9 Å². The zero-order valence-corrected chi connectivity index (χ0v) is 11.4. The first-order valence-corrected chi connectivity index (χ1v) is 6.06. The molecule has 1 N–H and O–H groups in total. The van der Waals surface area contributed by atoms with Crippen LogP contribution in [-0.2, 0) is 4.74 Å². The Morgan fingerprint density at radius 3 is 2.89 bits per heavy atom. The van der Waals surface area contributed by atoms with E-state index in [1.165, 1.54) is 4.90 Å². The van der Waals surface area contributed by atoms with Gasteiger partial charge in [0.05, 0.1) is 6.61 Å². The molecule has 5 nitrogen and oxygen atoms in total. The maximum atomic E-state index is 11.8. The Labute approximate surface area is 108 Å². The Kier molecular flexibility index (Phi) is 5.58. The molecule has 0 aromatic carbocycles. The van der Waals surface area contributed by atoms with Gasteiger partial charge in [-0.2, -0.15) is 0 Å². The topological polar surface area (TPSA) is 54.5 Å². The van der Waals surface area contributed by atoms with Crippen LogP contribution in [0.3, 0.4) is 0 Å². The van der Waals surface area contributed by atoms with E-state index >= 15 is 0 Å². The van der Waals surface area contributed by atoms with Crippen molar-refractivity contribution >= 4 is 11.6 Å². The van der Waals surface area contributed by atoms with Gasteiger partial charge in [-0.1, -0.05) is 0 Å². The van der Waals surface area contributed by atoms with Crippen LogP contribution in [0.2, 0.25) is 0 Å². The number of anilines is 1. The molecule has 1 rings (SSSR count). The normalized spacial score (nSPS) is 12.0. The van der Waals surface area contributed by atoms with Crippen LogP contribution in [-0.4, -0.2) is 49.1 Å². The fourth-order valence-corrected chi connectivity index (χ4v) is 1.49. The molecule has 0 saturated carbocycles. The second kappa shape index (κ2) is 6.96. The van der Waals surface area contributed by atoms with Crippen molar-refractivity contribution in [1.82, 2.24) is 9.88 Å². The molecule has 0 aliphatic heterocycles. The first-order valence-electron chi connectivity index (χ1n) is 6.06. The molecule has 1 amide bonds. The molecule has 100 valence electrons. The molecule has 1 heterocycles. The Morgan fingerprint density at radius 1 is 1.56 bits per heavy atom. The van der Waals surface area contributed by atoms with Crippen molar-refractivity contribution in [3.05, 3.63) is 24.0 Å². The summed E-state index contributed by atoms with van der Waals surface area (Å²) in [6.07, 6.45) is 1.63. The molecule has 0 spiro atoms. The summed E-state index contributed by atoms with van der Waals surface area (Å²) < 4.78 is 5.33. The molecule has 5 heteroatoms. The minimum Gasteiger partial charge on any atom is -0.380 e. The molecule has 18 heavy (non-hydrogen) atoms. The average Bonchev–Trinajstić information content (AvgIpc) is 2.35. The van der Waals surface area contributed by atoms with Crippen LogP contribution < -0.4 is 5.32 Å². The van der Waals surface area contributed by atoms with E-state index in [0.717, 1.165) is 5.69 Å². The van der Waals surface area contributed by atoms with Gasteiger partial charge >= 0.3 is 0 Å². The zero-order valence-electron chi connectivity index (χ0n) is 11.4. The second-order valence-electron chi connectivity index (χ2n) is 4.33. The van der Waals surface area contributed by atoms with Gasteiger partial charge in [-0.05, 0) is 26.0 Å². The second-order valence-corrected chi connectivity index (χ2v) is 4.33. The van der Waals surface area contributed by atoms with Gasteiger partial charge in [0.25, 0.3) is 5.91 Å². The number of carbonyl (C=O) groups is 1. The summed E-state index contributed by atoms with van der Waals surface area (Å²) in [6, 6.07) is 3.79. The quantitative estimate of drug-likeness (QED) is 0.834. The minimum absolute atomic E-state index is 0.101. The Morgan fingerprint density at radius 2 is 2.28 bits per heavy atom. The Bertz CT molecular complexity index is 394. The maximum Gasteiger partial charge on any atom is 0.272 e. The molecule has 1 aromatic heterocycles. The number of carbonyl (C=O) groups excluding carboxylic acids is 1. The standard InChI is InChI=1S/C13H21N3O2/c1-5-18-9-10(2)15-11-6-7-14-12(8-11)13(17)16(3)4/h6-8,10H,5,9H2,1-4H3,(H,14,15). The third kappa shape index (κ3) is 4.33. The molecule has 1 atom stereocenters. The molecule has 1 unspecified atom stereocenters. The Balaban J connectivity index is 2.67. The van der Waals surface area contributed by atoms with Crippen LogP contribution in [0, 0.1) is 0 Å². The number of amides is 1. The SMILES string of the molecule is CCOCC(C)Nc1ccnc(C(=O)N(C)C)c1. The van der Waals surface area contributed by atoms with Gasteiger partial charge < -0.3 is 15.0 Å². The van der Waals surface area contributed by atoms with Gasteiger partial charge in [0.1, 0.15) is 5.69 Å². The lowest BCUT2D eigenvalue weighted by atomic mass is 10.2. The van der Waals surface area contributed by atoms with E-state index < -0.39 is 0 Å². The largest absolute Gasteiger partial charge is 0.380 e. The number of rotatable bonds is 6. The molecule has 0 aliphatic carbocycles. The molecule has 0 radical (unpaired) electrons. The smallest absolute Gasteiger partial charge is 0.272 e. The van der Waals surface area contributed by atoms with Crippen LogP contribution in [0.15, 0.2) is 18.3 Å². The third-order valence-electron chi connectivity index (χ3n) is 2.37. The lowest BCUT2D eigenvalue weighted by molar-refractivity contribution is 0.0822. The number of nitrogens with one attached hydrogen (secondary N) is 1. The molecular weight excluding hydrogens is 230 g/mol. The highest BCUT2D eigenvalue weighted by Crippen LogP contribution is 2.10. The summed E-state index contributed by atoms with van der Waals surface area (Å²) in [7, 11) is 3.42. The van der Waals surface area contributed by atoms with Crippen molar-refractivity contribution < 1.29 is 9.53 Å². The van der Waals surface area contributed by atoms with Gasteiger partial charge in [0, 0.05) is 38.6 Å². The van der Waals surface area contributed by atoms with E-state index in [9.17, 15) is 4.79 Å². The van der Waals surface area contributed by atoms with E-state index in [1.807, 2.05) is 19.9 Å². The molecular formula is C13H21N3O2. The van der Waals surface area contributed by atoms with Gasteiger partial charge in [0.15, 0.2) is 0 Å². The average molecular weight is 251 g/mol. The number of aromatic nitrogens is 1. The summed E-state index contributed by atoms with van der Waals surface area (Å²) in [5, 5.41) is 3.28. The summed E-state index contributed by atoms with van der Waals surface area (Å²) in [5.41, 5.74) is 1.32. The van der Waals surface area contributed by atoms with Crippen LogP contribution in [0.25, 0.3) is 0 Å². The van der Waals surface area contributed by atoms with Crippen LogP contribution >= 0.6 is 0 Å². The van der Waals surface area contributed by atoms with Gasteiger partial charge in [0.2, 0.25) is 0 Å². The van der Waals surface area contributed by atoms with Crippen LogP contribution in [0.1, 0.15) is 24.3 Å². The number of nitrogens with zero attached hydrogens (tertiary/aromatic N) is 2. The highest BCUT2D eigenvalue weighted by Gasteiger charge is 2.10. The summed E-state index contributed by atoms with van der Waals surface area (Å²) in [5.74, 6) is -0.101. The fourth-order valence-electron chi connectivity index (χ4n) is 1.49. The first kappa shape index (κ1) is 14.4. The van der Waals surface area contributed by atoms with Crippen molar-refractivity contribution in [3.63, 3.8) is 0 Å². The number of ether oxygens (including phenoxy) is 1. The van der Waals surface area contributed by atoms with E-state index in [0.29, 0.717) is 18.9 Å². The van der Waals surface area contributed by atoms with Crippen LogP contribution in [0.5, 0.6) is 0 Å². The monoisotopic (exact) mass is 251 g/mol. The fraction of sp³-hybridized carbons (Fsp3) is 0.538. The van der Waals surface area contributed by atoms with Crippen molar-refractivity contribution in [1.29, 1.82) is 0 Å². The van der Waals surface area contributed by atoms with E-state index in [-0.39, 0.29) is 11.9 Å². The molecule has 0 aliphatic rings. The predicted octanol–water partition coefficient (Wildman–Crippen LogP) is 1.62. The van der Waals surface area contributed by atoms with Gasteiger partial charge in [-0.25, -0.2) is 0 Å². The third-order valence-corrected chi connectivity index (χ3v) is 2.37.